The van der Waals surface area contributed by atoms with E-state index >= 15 is 0 Å². The fourth-order valence-electron chi connectivity index (χ4n) is 2.28. The molecule has 0 amide bonds. The molecule has 0 fully saturated rings. The van der Waals surface area contributed by atoms with Crippen LogP contribution in [0.1, 0.15) is 18.9 Å². The number of benzene rings is 2. The van der Waals surface area contributed by atoms with Gasteiger partial charge in [0.15, 0.2) is 0 Å². The van der Waals surface area contributed by atoms with E-state index < -0.39 is 0 Å². The second-order valence-electron chi connectivity index (χ2n) is 5.40. The second-order valence-corrected chi connectivity index (χ2v) is 5.40. The Bertz CT molecular complexity index is 525. The SMILES string of the molecule is COc1ccc(OCCN[C@H](C)CCc2ccccc2)cc1. The molecule has 3 nitrogen and oxygen atoms in total. The van der Waals surface area contributed by atoms with Gasteiger partial charge in [0, 0.05) is 12.6 Å². The molecule has 3 heteroatoms. The predicted molar refractivity (Wildman–Crippen MR) is 90.7 cm³/mol. The summed E-state index contributed by atoms with van der Waals surface area (Å²) >= 11 is 0. The molecule has 0 heterocycles. The Morgan fingerprint density at radius 1 is 0.955 bits per heavy atom. The van der Waals surface area contributed by atoms with Crippen LogP contribution in [-0.4, -0.2) is 26.3 Å². The summed E-state index contributed by atoms with van der Waals surface area (Å²) in [6, 6.07) is 18.8. The largest absolute Gasteiger partial charge is 0.497 e. The number of hydrogen-bond donors (Lipinski definition) is 1. The Morgan fingerprint density at radius 2 is 1.64 bits per heavy atom. The van der Waals surface area contributed by atoms with Crippen molar-refractivity contribution in [3.63, 3.8) is 0 Å². The molecular formula is C19H25NO2. The second kappa shape index (κ2) is 9.11. The monoisotopic (exact) mass is 299 g/mol. The van der Waals surface area contributed by atoms with Gasteiger partial charge in [-0.1, -0.05) is 30.3 Å². The van der Waals surface area contributed by atoms with Crippen molar-refractivity contribution < 1.29 is 9.47 Å². The van der Waals surface area contributed by atoms with Crippen LogP contribution < -0.4 is 14.8 Å². The maximum Gasteiger partial charge on any atom is 0.119 e. The minimum atomic E-state index is 0.486. The Morgan fingerprint density at radius 3 is 2.32 bits per heavy atom. The molecule has 118 valence electrons. The predicted octanol–water partition coefficient (Wildman–Crippen LogP) is 3.68. The molecule has 1 N–H and O–H groups in total. The smallest absolute Gasteiger partial charge is 0.119 e. The Balaban J connectivity index is 1.59. The maximum atomic E-state index is 5.70. The molecule has 22 heavy (non-hydrogen) atoms. The van der Waals surface area contributed by atoms with Crippen LogP contribution in [0, 0.1) is 0 Å². The van der Waals surface area contributed by atoms with Crippen molar-refractivity contribution in [1.29, 1.82) is 0 Å². The Labute approximate surface area is 133 Å². The fraction of sp³-hybridized carbons (Fsp3) is 0.368. The summed E-state index contributed by atoms with van der Waals surface area (Å²) in [5.74, 6) is 1.72. The van der Waals surface area contributed by atoms with Crippen LogP contribution in [0.15, 0.2) is 54.6 Å². The van der Waals surface area contributed by atoms with Crippen LogP contribution in [-0.2, 0) is 6.42 Å². The minimum Gasteiger partial charge on any atom is -0.497 e. The van der Waals surface area contributed by atoms with E-state index in [1.165, 1.54) is 5.56 Å². The average molecular weight is 299 g/mol. The molecule has 0 aliphatic carbocycles. The van der Waals surface area contributed by atoms with E-state index in [1.807, 2.05) is 24.3 Å². The van der Waals surface area contributed by atoms with Crippen molar-refractivity contribution in [2.24, 2.45) is 0 Å². The lowest BCUT2D eigenvalue weighted by molar-refractivity contribution is 0.304. The lowest BCUT2D eigenvalue weighted by Gasteiger charge is -2.14. The summed E-state index contributed by atoms with van der Waals surface area (Å²) < 4.78 is 10.8. The highest BCUT2D eigenvalue weighted by molar-refractivity contribution is 5.31. The van der Waals surface area contributed by atoms with Crippen molar-refractivity contribution >= 4 is 0 Å². The van der Waals surface area contributed by atoms with Crippen molar-refractivity contribution in [1.82, 2.24) is 5.32 Å². The highest BCUT2D eigenvalue weighted by Gasteiger charge is 2.02. The molecule has 2 rings (SSSR count). The number of nitrogens with one attached hydrogen (secondary N) is 1. The lowest BCUT2D eigenvalue weighted by Crippen LogP contribution is -2.30. The van der Waals surface area contributed by atoms with Gasteiger partial charge in [-0.15, -0.1) is 0 Å². The van der Waals surface area contributed by atoms with Crippen molar-refractivity contribution in [2.45, 2.75) is 25.8 Å². The Kier molecular flexibility index (Phi) is 6.78. The van der Waals surface area contributed by atoms with Gasteiger partial charge in [0.2, 0.25) is 0 Å². The normalized spacial score (nSPS) is 11.9. The van der Waals surface area contributed by atoms with Gasteiger partial charge in [0.25, 0.3) is 0 Å². The number of rotatable bonds is 9. The van der Waals surface area contributed by atoms with Gasteiger partial charge in [-0.25, -0.2) is 0 Å². The van der Waals surface area contributed by atoms with E-state index in [2.05, 4.69) is 42.6 Å². The number of hydrogen-bond acceptors (Lipinski definition) is 3. The molecule has 0 aliphatic heterocycles. The van der Waals surface area contributed by atoms with E-state index in [1.54, 1.807) is 7.11 Å². The third-order valence-electron chi connectivity index (χ3n) is 3.63. The molecule has 0 aliphatic rings. The minimum absolute atomic E-state index is 0.486. The van der Waals surface area contributed by atoms with Crippen LogP contribution in [0.2, 0.25) is 0 Å². The van der Waals surface area contributed by atoms with Gasteiger partial charge in [-0.3, -0.25) is 0 Å². The van der Waals surface area contributed by atoms with Crippen molar-refractivity contribution in [3.05, 3.63) is 60.2 Å². The topological polar surface area (TPSA) is 30.5 Å². The average Bonchev–Trinajstić information content (AvgIpc) is 2.58. The van der Waals surface area contributed by atoms with Gasteiger partial charge >= 0.3 is 0 Å². The van der Waals surface area contributed by atoms with E-state index in [9.17, 15) is 0 Å². The van der Waals surface area contributed by atoms with Crippen LogP contribution in [0.3, 0.4) is 0 Å². The van der Waals surface area contributed by atoms with E-state index in [4.69, 9.17) is 9.47 Å². The zero-order valence-corrected chi connectivity index (χ0v) is 13.4. The standard InChI is InChI=1S/C19H25NO2/c1-16(8-9-17-6-4-3-5-7-17)20-14-15-22-19-12-10-18(21-2)11-13-19/h3-7,10-13,16,20H,8-9,14-15H2,1-2H3/t16-/m1/s1. The summed E-state index contributed by atoms with van der Waals surface area (Å²) in [5.41, 5.74) is 1.39. The van der Waals surface area contributed by atoms with E-state index in [0.29, 0.717) is 12.6 Å². The van der Waals surface area contributed by atoms with Gasteiger partial charge in [-0.2, -0.15) is 0 Å². The molecule has 2 aromatic rings. The Hall–Kier alpha value is -2.00. The van der Waals surface area contributed by atoms with Gasteiger partial charge in [-0.05, 0) is 49.6 Å². The molecule has 0 aromatic heterocycles. The number of ether oxygens (including phenoxy) is 2. The van der Waals surface area contributed by atoms with Gasteiger partial charge < -0.3 is 14.8 Å². The molecule has 0 radical (unpaired) electrons. The first-order chi connectivity index (χ1) is 10.8. The molecular weight excluding hydrogens is 274 g/mol. The van der Waals surface area contributed by atoms with Crippen LogP contribution in [0.5, 0.6) is 11.5 Å². The molecule has 0 saturated carbocycles. The van der Waals surface area contributed by atoms with Crippen molar-refractivity contribution in [2.75, 3.05) is 20.3 Å². The summed E-state index contributed by atoms with van der Waals surface area (Å²) in [6.07, 6.45) is 2.24. The zero-order chi connectivity index (χ0) is 15.6. The summed E-state index contributed by atoms with van der Waals surface area (Å²) in [5, 5.41) is 3.50. The number of aryl methyl sites for hydroxylation is 1. The summed E-state index contributed by atoms with van der Waals surface area (Å²) in [7, 11) is 1.66. The van der Waals surface area contributed by atoms with Gasteiger partial charge in [0.1, 0.15) is 18.1 Å². The lowest BCUT2D eigenvalue weighted by atomic mass is 10.1. The zero-order valence-electron chi connectivity index (χ0n) is 13.4. The van der Waals surface area contributed by atoms with Crippen LogP contribution >= 0.6 is 0 Å². The van der Waals surface area contributed by atoms with Crippen molar-refractivity contribution in [3.8, 4) is 11.5 Å². The van der Waals surface area contributed by atoms with Gasteiger partial charge in [0.05, 0.1) is 7.11 Å². The highest BCUT2D eigenvalue weighted by Crippen LogP contribution is 2.16. The molecule has 0 spiro atoms. The maximum absolute atomic E-state index is 5.70. The van der Waals surface area contributed by atoms with E-state index in [0.717, 1.165) is 30.9 Å². The molecule has 0 saturated heterocycles. The number of methoxy groups -OCH3 is 1. The quantitative estimate of drug-likeness (QED) is 0.716. The molecule has 1 atom stereocenters. The first-order valence-electron chi connectivity index (χ1n) is 7.82. The molecule has 0 unspecified atom stereocenters. The van der Waals surface area contributed by atoms with Crippen LogP contribution in [0.4, 0.5) is 0 Å². The fourth-order valence-corrected chi connectivity index (χ4v) is 2.28. The first-order valence-corrected chi connectivity index (χ1v) is 7.82. The highest BCUT2D eigenvalue weighted by atomic mass is 16.5. The first kappa shape index (κ1) is 16.4. The molecule has 0 bridgehead atoms. The molecule has 2 aromatic carbocycles. The third kappa shape index (κ3) is 5.78. The van der Waals surface area contributed by atoms with E-state index in [-0.39, 0.29) is 0 Å². The van der Waals surface area contributed by atoms with Crippen LogP contribution in [0.25, 0.3) is 0 Å². The summed E-state index contributed by atoms with van der Waals surface area (Å²) in [4.78, 5) is 0. The third-order valence-corrected chi connectivity index (χ3v) is 3.63. The summed E-state index contributed by atoms with van der Waals surface area (Å²) in [6.45, 7) is 3.74.